The first kappa shape index (κ1) is 27.2. The average Bonchev–Trinajstić information content (AvgIpc) is 3.53. The molecule has 6 rings (SSSR count). The van der Waals surface area contributed by atoms with E-state index in [-0.39, 0.29) is 40.6 Å². The zero-order chi connectivity index (χ0) is 29.8. The molecule has 0 aliphatic carbocycles. The number of alkyl halides is 3. The second-order valence-corrected chi connectivity index (χ2v) is 10.4. The Morgan fingerprint density at radius 1 is 1.05 bits per heavy atom. The van der Waals surface area contributed by atoms with Gasteiger partial charge in [-0.15, -0.1) is 0 Å². The van der Waals surface area contributed by atoms with Crippen molar-refractivity contribution in [2.75, 3.05) is 17.6 Å². The Bertz CT molecular complexity index is 1750. The maximum Gasteiger partial charge on any atom is 0.416 e. The molecule has 5 N–H and O–H groups in total. The number of nitrogens with zero attached hydrogens (tertiary/aromatic N) is 5. The van der Waals surface area contributed by atoms with Gasteiger partial charge in [-0.25, -0.2) is 15.0 Å². The molecule has 5 heterocycles. The van der Waals surface area contributed by atoms with E-state index in [1.807, 2.05) is 4.90 Å². The molecule has 0 saturated carbocycles. The molecule has 0 bridgehead atoms. The number of nitrogen functional groups attached to an aromatic ring is 1. The zero-order valence-electron chi connectivity index (χ0n) is 22.1. The van der Waals surface area contributed by atoms with Crippen LogP contribution < -0.4 is 16.8 Å². The Hall–Kier alpha value is -5.01. The topological polar surface area (TPSA) is 162 Å². The average molecular weight is 579 g/mol. The molecule has 4 aromatic rings. The number of anilines is 2. The number of primary amides is 1. The third-order valence-electron chi connectivity index (χ3n) is 7.82. The number of pyridine rings is 1. The molecule has 2 atom stereocenters. The van der Waals surface area contributed by atoms with E-state index in [9.17, 15) is 27.6 Å². The number of aromatic nitrogens is 4. The summed E-state index contributed by atoms with van der Waals surface area (Å²) in [5.74, 6) is -1.12. The molecule has 3 aromatic heterocycles. The summed E-state index contributed by atoms with van der Waals surface area (Å²) in [6.45, 7) is 0.510. The molecule has 2 fully saturated rings. The summed E-state index contributed by atoms with van der Waals surface area (Å²) in [7, 11) is 0. The molecule has 2 aliphatic heterocycles. The maximum atomic E-state index is 13.1. The lowest BCUT2D eigenvalue weighted by molar-refractivity contribution is -0.137. The summed E-state index contributed by atoms with van der Waals surface area (Å²) in [4.78, 5) is 52.7. The van der Waals surface area contributed by atoms with Crippen LogP contribution in [0.4, 0.5) is 24.8 Å². The third kappa shape index (κ3) is 4.78. The summed E-state index contributed by atoms with van der Waals surface area (Å²) >= 11 is 0. The number of hydrogen-bond donors (Lipinski definition) is 3. The number of fused-ring (bicyclic) bond motifs is 2. The first-order valence-corrected chi connectivity index (χ1v) is 13.2. The number of benzene rings is 1. The lowest BCUT2D eigenvalue weighted by Gasteiger charge is -2.34. The van der Waals surface area contributed by atoms with Gasteiger partial charge in [0.25, 0.3) is 5.91 Å². The van der Waals surface area contributed by atoms with Gasteiger partial charge < -0.3 is 21.7 Å². The van der Waals surface area contributed by atoms with Crippen molar-refractivity contribution < 1.29 is 27.6 Å². The zero-order valence-corrected chi connectivity index (χ0v) is 22.1. The second kappa shape index (κ2) is 10.1. The van der Waals surface area contributed by atoms with Crippen molar-refractivity contribution in [3.8, 4) is 11.3 Å². The number of halogens is 3. The van der Waals surface area contributed by atoms with Gasteiger partial charge in [-0.3, -0.25) is 18.8 Å². The summed E-state index contributed by atoms with van der Waals surface area (Å²) in [5, 5.41) is 2.32. The van der Waals surface area contributed by atoms with Crippen LogP contribution >= 0.6 is 0 Å². The van der Waals surface area contributed by atoms with E-state index in [1.54, 1.807) is 10.6 Å². The number of imidazole rings is 1. The molecule has 11 nitrogen and oxygen atoms in total. The highest BCUT2D eigenvalue weighted by atomic mass is 19.4. The molecule has 42 heavy (non-hydrogen) atoms. The van der Waals surface area contributed by atoms with Gasteiger partial charge in [-0.1, -0.05) is 6.07 Å². The van der Waals surface area contributed by atoms with Gasteiger partial charge in [-0.2, -0.15) is 13.2 Å². The van der Waals surface area contributed by atoms with Crippen molar-refractivity contribution in [3.63, 3.8) is 0 Å². The Morgan fingerprint density at radius 3 is 2.62 bits per heavy atom. The Balaban J connectivity index is 1.37. The van der Waals surface area contributed by atoms with E-state index in [0.717, 1.165) is 31.5 Å². The van der Waals surface area contributed by atoms with Gasteiger partial charge in [0, 0.05) is 60.2 Å². The summed E-state index contributed by atoms with van der Waals surface area (Å²) in [6.07, 6.45) is 2.60. The molecule has 14 heteroatoms. The van der Waals surface area contributed by atoms with Gasteiger partial charge in [-0.05, 0) is 43.5 Å². The predicted molar refractivity (Wildman–Crippen MR) is 145 cm³/mol. The fraction of sp³-hybridized carbons (Fsp3) is 0.286. The van der Waals surface area contributed by atoms with Crippen LogP contribution in [0, 0.1) is 0 Å². The Kier molecular flexibility index (Phi) is 6.55. The molecule has 0 radical (unpaired) electrons. The number of nitrogens with two attached hydrogens (primary N) is 2. The quantitative estimate of drug-likeness (QED) is 0.326. The Labute approximate surface area is 236 Å². The van der Waals surface area contributed by atoms with Crippen LogP contribution in [0.1, 0.15) is 63.7 Å². The molecule has 2 saturated heterocycles. The number of amides is 3. The van der Waals surface area contributed by atoms with Gasteiger partial charge >= 0.3 is 6.18 Å². The molecule has 0 spiro atoms. The number of rotatable bonds is 5. The number of carbonyl (C=O) groups excluding carboxylic acids is 3. The highest BCUT2D eigenvalue weighted by Crippen LogP contribution is 2.39. The highest BCUT2D eigenvalue weighted by Gasteiger charge is 2.38. The number of piperidine rings is 1. The molecule has 2 unspecified atom stereocenters. The first-order valence-electron chi connectivity index (χ1n) is 13.2. The van der Waals surface area contributed by atoms with Crippen molar-refractivity contribution in [1.82, 2.24) is 24.3 Å². The third-order valence-corrected chi connectivity index (χ3v) is 7.82. The van der Waals surface area contributed by atoms with Crippen LogP contribution in [0.3, 0.4) is 0 Å². The lowest BCUT2D eigenvalue weighted by Crippen LogP contribution is -2.41. The number of carbonyl (C=O) groups is 3. The Morgan fingerprint density at radius 2 is 1.86 bits per heavy atom. The van der Waals surface area contributed by atoms with Gasteiger partial charge in [0.05, 0.1) is 5.56 Å². The SMILES string of the molecule is NC(=O)c1cc(C(=O)Nc2cc(C(F)(F)F)ccn2)ccc1-c1nc(C2CCC3CCC(=O)N3C2)n2ccnc(N)c12. The van der Waals surface area contributed by atoms with Crippen molar-refractivity contribution in [2.24, 2.45) is 5.73 Å². The maximum absolute atomic E-state index is 13.1. The van der Waals surface area contributed by atoms with Gasteiger partial charge in [0.15, 0.2) is 0 Å². The van der Waals surface area contributed by atoms with Gasteiger partial charge in [0.2, 0.25) is 11.8 Å². The van der Waals surface area contributed by atoms with Crippen molar-refractivity contribution >= 4 is 34.9 Å². The molecule has 1 aromatic carbocycles. The number of hydrogen-bond acceptors (Lipinski definition) is 7. The minimum Gasteiger partial charge on any atom is -0.382 e. The minimum atomic E-state index is -4.62. The summed E-state index contributed by atoms with van der Waals surface area (Å²) in [5.41, 5.74) is 12.0. The fourth-order valence-electron chi connectivity index (χ4n) is 5.80. The monoisotopic (exact) mass is 578 g/mol. The molecule has 3 amide bonds. The highest BCUT2D eigenvalue weighted by molar-refractivity contribution is 6.08. The predicted octanol–water partition coefficient (Wildman–Crippen LogP) is 3.61. The normalized spacial score (nSPS) is 18.7. The van der Waals surface area contributed by atoms with Crippen LogP contribution in [0.2, 0.25) is 0 Å². The second-order valence-electron chi connectivity index (χ2n) is 10.4. The molecule has 216 valence electrons. The first-order chi connectivity index (χ1) is 20.0. The molecular formula is C28H25F3N8O3. The van der Waals surface area contributed by atoms with Crippen LogP contribution in [0.25, 0.3) is 16.8 Å². The van der Waals surface area contributed by atoms with E-state index in [0.29, 0.717) is 41.6 Å². The van der Waals surface area contributed by atoms with E-state index in [4.69, 9.17) is 16.5 Å². The fourth-order valence-corrected chi connectivity index (χ4v) is 5.80. The molecular weight excluding hydrogens is 553 g/mol. The van der Waals surface area contributed by atoms with E-state index in [1.165, 1.54) is 24.4 Å². The summed E-state index contributed by atoms with van der Waals surface area (Å²) in [6, 6.07) is 5.85. The van der Waals surface area contributed by atoms with E-state index < -0.39 is 23.6 Å². The molecule has 2 aliphatic rings. The lowest BCUT2D eigenvalue weighted by atomic mass is 9.92. The van der Waals surface area contributed by atoms with Gasteiger partial charge in [0.1, 0.15) is 28.7 Å². The van der Waals surface area contributed by atoms with Crippen LogP contribution in [-0.4, -0.2) is 54.6 Å². The van der Waals surface area contributed by atoms with Crippen LogP contribution in [0.15, 0.2) is 48.9 Å². The van der Waals surface area contributed by atoms with Crippen molar-refractivity contribution in [1.29, 1.82) is 0 Å². The number of nitrogens with one attached hydrogen (secondary N) is 1. The summed E-state index contributed by atoms with van der Waals surface area (Å²) < 4.78 is 41.0. The van der Waals surface area contributed by atoms with Crippen LogP contribution in [-0.2, 0) is 11.0 Å². The van der Waals surface area contributed by atoms with E-state index in [2.05, 4.69) is 15.3 Å². The largest absolute Gasteiger partial charge is 0.416 e. The van der Waals surface area contributed by atoms with E-state index >= 15 is 0 Å². The smallest absolute Gasteiger partial charge is 0.382 e. The van der Waals surface area contributed by atoms with Crippen molar-refractivity contribution in [3.05, 3.63) is 71.4 Å². The minimum absolute atomic E-state index is 0.0348. The standard InChI is InChI=1S/C28H25F3N8O3/c29-28(30,31)16-7-8-34-20(12-16)36-27(42)14-2-5-18(19(11-14)25(33)41)22-23-24(32)35-9-10-38(23)26(37-22)15-1-3-17-4-6-21(40)39(17)13-15/h2,5,7-12,15,17H,1,3-4,6,13H2,(H2,32,35)(H2,33,41)(H,34,36,42). The van der Waals surface area contributed by atoms with Crippen molar-refractivity contribution in [2.45, 2.75) is 43.8 Å². The van der Waals surface area contributed by atoms with Crippen LogP contribution in [0.5, 0.6) is 0 Å².